The summed E-state index contributed by atoms with van der Waals surface area (Å²) < 4.78 is 0. The number of thiophene rings is 1. The maximum Gasteiger partial charge on any atom is 0.0740 e. The summed E-state index contributed by atoms with van der Waals surface area (Å²) in [7, 11) is 0. The van der Waals surface area contributed by atoms with Gasteiger partial charge in [-0.15, -0.1) is 11.3 Å². The number of rotatable bonds is 3. The second-order valence-corrected chi connectivity index (χ2v) is 6.23. The van der Waals surface area contributed by atoms with Crippen molar-refractivity contribution >= 4 is 27.3 Å². The van der Waals surface area contributed by atoms with Gasteiger partial charge in [0.1, 0.15) is 0 Å². The van der Waals surface area contributed by atoms with Crippen LogP contribution in [0.3, 0.4) is 0 Å². The molecule has 0 N–H and O–H groups in total. The Hall–Kier alpha value is -0.600. The molecule has 2 rings (SSSR count). The molecule has 0 saturated heterocycles. The Balaban J connectivity index is 2.36. The van der Waals surface area contributed by atoms with E-state index in [2.05, 4.69) is 66.3 Å². The van der Waals surface area contributed by atoms with Gasteiger partial charge in [0.2, 0.25) is 0 Å². The van der Waals surface area contributed by atoms with Crippen molar-refractivity contribution in [1.82, 2.24) is 0 Å². The van der Waals surface area contributed by atoms with Crippen molar-refractivity contribution in [3.8, 4) is 0 Å². The largest absolute Gasteiger partial charge is 0.147 e. The topological polar surface area (TPSA) is 0 Å². The minimum atomic E-state index is 0.330. The van der Waals surface area contributed by atoms with Crippen molar-refractivity contribution in [1.29, 1.82) is 0 Å². The molecule has 0 aliphatic rings. The highest BCUT2D eigenvalue weighted by Gasteiger charge is 2.15. The molecule has 0 bridgehead atoms. The van der Waals surface area contributed by atoms with Gasteiger partial charge in [-0.05, 0) is 54.0 Å². The molecule has 0 spiro atoms. The molecule has 0 saturated carbocycles. The van der Waals surface area contributed by atoms with Crippen LogP contribution >= 0.6 is 27.3 Å². The fourth-order valence-electron chi connectivity index (χ4n) is 1.94. The number of hydrogen-bond acceptors (Lipinski definition) is 1. The lowest BCUT2D eigenvalue weighted by Crippen LogP contribution is -1.95. The van der Waals surface area contributed by atoms with Gasteiger partial charge in [-0.1, -0.05) is 41.1 Å². The lowest BCUT2D eigenvalue weighted by molar-refractivity contribution is 1.09. The van der Waals surface area contributed by atoms with E-state index >= 15 is 0 Å². The summed E-state index contributed by atoms with van der Waals surface area (Å²) in [4.78, 5) is 1.77. The Morgan fingerprint density at radius 2 is 1.94 bits per heavy atom. The van der Waals surface area contributed by atoms with Crippen molar-refractivity contribution in [3.05, 3.63) is 56.8 Å². The van der Waals surface area contributed by atoms with Crippen LogP contribution in [0.1, 0.15) is 38.9 Å². The van der Waals surface area contributed by atoms with Crippen molar-refractivity contribution in [3.63, 3.8) is 0 Å². The number of benzene rings is 1. The molecule has 0 nitrogen and oxygen atoms in total. The van der Waals surface area contributed by atoms with E-state index in [0.29, 0.717) is 4.83 Å². The Bertz CT molecular complexity index is 513. The molecule has 1 unspecified atom stereocenters. The van der Waals surface area contributed by atoms with Gasteiger partial charge in [0, 0.05) is 4.88 Å². The van der Waals surface area contributed by atoms with Crippen LogP contribution in [0, 0.1) is 13.8 Å². The van der Waals surface area contributed by atoms with Crippen LogP contribution in [0.25, 0.3) is 0 Å². The third-order valence-corrected chi connectivity index (χ3v) is 5.53. The number of hydrogen-bond donors (Lipinski definition) is 0. The molecule has 90 valence electrons. The van der Waals surface area contributed by atoms with Crippen molar-refractivity contribution < 1.29 is 0 Å². The molecular formula is C15H17BrS. The predicted octanol–water partition coefficient (Wildman–Crippen LogP) is 5.41. The van der Waals surface area contributed by atoms with Crippen LogP contribution in [0.2, 0.25) is 0 Å². The molecule has 0 amide bonds. The highest BCUT2D eigenvalue weighted by Crippen LogP contribution is 2.37. The van der Waals surface area contributed by atoms with E-state index in [9.17, 15) is 0 Å². The van der Waals surface area contributed by atoms with Gasteiger partial charge < -0.3 is 0 Å². The zero-order chi connectivity index (χ0) is 12.4. The van der Waals surface area contributed by atoms with Crippen LogP contribution < -0.4 is 0 Å². The van der Waals surface area contributed by atoms with Crippen LogP contribution in [-0.4, -0.2) is 0 Å². The van der Waals surface area contributed by atoms with Crippen LogP contribution in [-0.2, 0) is 6.42 Å². The molecule has 1 aromatic heterocycles. The van der Waals surface area contributed by atoms with Gasteiger partial charge >= 0.3 is 0 Å². The maximum atomic E-state index is 3.83. The Morgan fingerprint density at radius 3 is 2.59 bits per heavy atom. The van der Waals surface area contributed by atoms with Crippen LogP contribution in [0.15, 0.2) is 29.6 Å². The summed E-state index contributed by atoms with van der Waals surface area (Å²) in [6, 6.07) is 8.95. The summed E-state index contributed by atoms with van der Waals surface area (Å²) in [5.41, 5.74) is 5.53. The summed E-state index contributed by atoms with van der Waals surface area (Å²) >= 11 is 5.67. The fraction of sp³-hybridized carbons (Fsp3) is 0.333. The second kappa shape index (κ2) is 5.36. The fourth-order valence-corrected chi connectivity index (χ4v) is 3.84. The zero-order valence-electron chi connectivity index (χ0n) is 10.5. The molecule has 0 aliphatic heterocycles. The molecule has 2 aromatic rings. The third-order valence-electron chi connectivity index (χ3n) is 3.22. The van der Waals surface area contributed by atoms with E-state index < -0.39 is 0 Å². The van der Waals surface area contributed by atoms with Gasteiger partial charge in [-0.3, -0.25) is 0 Å². The Kier molecular flexibility index (Phi) is 4.05. The Labute approximate surface area is 116 Å². The molecule has 17 heavy (non-hydrogen) atoms. The first kappa shape index (κ1) is 12.8. The molecule has 1 heterocycles. The maximum absolute atomic E-state index is 3.83. The average Bonchev–Trinajstić information content (AvgIpc) is 2.80. The number of aryl methyl sites for hydroxylation is 3. The summed E-state index contributed by atoms with van der Waals surface area (Å²) in [6.45, 7) is 6.55. The van der Waals surface area contributed by atoms with Crippen molar-refractivity contribution in [2.75, 3.05) is 0 Å². The third kappa shape index (κ3) is 2.63. The van der Waals surface area contributed by atoms with Gasteiger partial charge in [0.05, 0.1) is 4.83 Å². The van der Waals surface area contributed by atoms with Gasteiger partial charge in [-0.2, -0.15) is 0 Å². The van der Waals surface area contributed by atoms with Crippen LogP contribution in [0.5, 0.6) is 0 Å². The van der Waals surface area contributed by atoms with Gasteiger partial charge in [0.15, 0.2) is 0 Å². The van der Waals surface area contributed by atoms with Crippen molar-refractivity contribution in [2.45, 2.75) is 32.0 Å². The van der Waals surface area contributed by atoms with E-state index in [1.807, 2.05) is 11.3 Å². The molecule has 0 aliphatic carbocycles. The number of halogens is 1. The van der Waals surface area contributed by atoms with E-state index in [0.717, 1.165) is 6.42 Å². The number of alkyl halides is 1. The minimum Gasteiger partial charge on any atom is -0.147 e. The summed E-state index contributed by atoms with van der Waals surface area (Å²) in [5.74, 6) is 0. The highest BCUT2D eigenvalue weighted by atomic mass is 79.9. The molecule has 0 fully saturated rings. The normalized spacial score (nSPS) is 12.7. The minimum absolute atomic E-state index is 0.330. The lowest BCUT2D eigenvalue weighted by Gasteiger charge is -2.12. The quantitative estimate of drug-likeness (QED) is 0.665. The average molecular weight is 309 g/mol. The highest BCUT2D eigenvalue weighted by molar-refractivity contribution is 9.09. The molecule has 1 aromatic carbocycles. The van der Waals surface area contributed by atoms with E-state index in [1.54, 1.807) is 0 Å². The van der Waals surface area contributed by atoms with Gasteiger partial charge in [-0.25, -0.2) is 0 Å². The van der Waals surface area contributed by atoms with E-state index in [4.69, 9.17) is 0 Å². The smallest absolute Gasteiger partial charge is 0.0740 e. The first-order chi connectivity index (χ1) is 8.13. The second-order valence-electron chi connectivity index (χ2n) is 4.37. The molecule has 2 heteroatoms. The van der Waals surface area contributed by atoms with Gasteiger partial charge in [0.25, 0.3) is 0 Å². The Morgan fingerprint density at radius 1 is 1.18 bits per heavy atom. The zero-order valence-corrected chi connectivity index (χ0v) is 12.9. The lowest BCUT2D eigenvalue weighted by atomic mass is 10.0. The predicted molar refractivity (Wildman–Crippen MR) is 80.4 cm³/mol. The monoisotopic (exact) mass is 308 g/mol. The molecular weight excluding hydrogens is 292 g/mol. The first-order valence-electron chi connectivity index (χ1n) is 5.91. The standard InChI is InChI=1S/C15H17BrS/c1-4-12-7-8-17-15(12)14(16)13-6-5-10(2)11(3)9-13/h5-9,14H,4H2,1-3H3. The summed E-state index contributed by atoms with van der Waals surface area (Å²) in [6.07, 6.45) is 1.10. The molecule has 0 radical (unpaired) electrons. The first-order valence-corrected chi connectivity index (χ1v) is 7.70. The molecule has 1 atom stereocenters. The van der Waals surface area contributed by atoms with Crippen molar-refractivity contribution in [2.24, 2.45) is 0 Å². The van der Waals surface area contributed by atoms with E-state index in [-0.39, 0.29) is 0 Å². The SMILES string of the molecule is CCc1ccsc1C(Br)c1ccc(C)c(C)c1. The van der Waals surface area contributed by atoms with Crippen LogP contribution in [0.4, 0.5) is 0 Å². The van der Waals surface area contributed by atoms with E-state index in [1.165, 1.54) is 27.1 Å². The summed E-state index contributed by atoms with van der Waals surface area (Å²) in [5, 5.41) is 2.18.